The van der Waals surface area contributed by atoms with Crippen LogP contribution in [0, 0.1) is 6.92 Å². The lowest BCUT2D eigenvalue weighted by atomic mass is 9.96. The summed E-state index contributed by atoms with van der Waals surface area (Å²) in [4.78, 5) is 22.5. The molecule has 0 unspecified atom stereocenters. The van der Waals surface area contributed by atoms with Gasteiger partial charge in [-0.15, -0.1) is 0 Å². The summed E-state index contributed by atoms with van der Waals surface area (Å²) in [5.41, 5.74) is 2.88. The molecular formula is C14H12N2O4. The first-order valence-electron chi connectivity index (χ1n) is 6.19. The van der Waals surface area contributed by atoms with Crippen LogP contribution in [-0.2, 0) is 11.2 Å². The molecule has 1 aliphatic rings. The van der Waals surface area contributed by atoms with Crippen molar-refractivity contribution in [3.8, 4) is 11.1 Å². The summed E-state index contributed by atoms with van der Waals surface area (Å²) in [5.74, 6) is -0.664. The fourth-order valence-electron chi connectivity index (χ4n) is 2.40. The number of aromatic carboxylic acids is 1. The van der Waals surface area contributed by atoms with E-state index >= 15 is 0 Å². The Morgan fingerprint density at radius 2 is 2.20 bits per heavy atom. The standard InChI is InChI=1S/C14H12N2O4/c1-7-12(13(14(18)19)16-20-7)9-2-4-10-8(6-9)3-5-11(17)15-10/h2,4,6H,3,5H2,1H3,(H,15,17)(H,18,19). The van der Waals surface area contributed by atoms with Crippen molar-refractivity contribution in [1.29, 1.82) is 0 Å². The third-order valence-electron chi connectivity index (χ3n) is 3.35. The van der Waals surface area contributed by atoms with E-state index in [1.807, 2.05) is 6.07 Å². The number of rotatable bonds is 2. The van der Waals surface area contributed by atoms with Crippen molar-refractivity contribution in [2.75, 3.05) is 5.32 Å². The zero-order valence-electron chi connectivity index (χ0n) is 10.8. The van der Waals surface area contributed by atoms with Crippen molar-refractivity contribution in [3.05, 3.63) is 35.2 Å². The molecule has 6 nitrogen and oxygen atoms in total. The molecule has 20 heavy (non-hydrogen) atoms. The predicted octanol–water partition coefficient (Wildman–Crippen LogP) is 2.23. The molecule has 1 aromatic heterocycles. The van der Waals surface area contributed by atoms with E-state index in [0.29, 0.717) is 24.2 Å². The van der Waals surface area contributed by atoms with Crippen molar-refractivity contribution < 1.29 is 19.2 Å². The van der Waals surface area contributed by atoms with Gasteiger partial charge in [0.1, 0.15) is 5.76 Å². The number of carbonyl (C=O) groups excluding carboxylic acids is 1. The fourth-order valence-corrected chi connectivity index (χ4v) is 2.40. The Morgan fingerprint density at radius 1 is 1.40 bits per heavy atom. The van der Waals surface area contributed by atoms with Crippen LogP contribution in [0.25, 0.3) is 11.1 Å². The van der Waals surface area contributed by atoms with Gasteiger partial charge in [0.2, 0.25) is 5.91 Å². The molecule has 6 heteroatoms. The Balaban J connectivity index is 2.10. The third kappa shape index (κ3) is 1.95. The highest BCUT2D eigenvalue weighted by Gasteiger charge is 2.22. The highest BCUT2D eigenvalue weighted by molar-refractivity contribution is 5.96. The van der Waals surface area contributed by atoms with Gasteiger partial charge in [0.05, 0.1) is 5.56 Å². The Bertz CT molecular complexity index is 718. The smallest absolute Gasteiger partial charge is 0.358 e. The molecule has 1 amide bonds. The van der Waals surface area contributed by atoms with E-state index in [0.717, 1.165) is 16.8 Å². The van der Waals surface area contributed by atoms with E-state index in [1.54, 1.807) is 19.1 Å². The summed E-state index contributed by atoms with van der Waals surface area (Å²) in [6.07, 6.45) is 1.08. The maximum absolute atomic E-state index is 11.3. The molecule has 0 saturated heterocycles. The second kappa shape index (κ2) is 4.48. The largest absolute Gasteiger partial charge is 0.476 e. The Morgan fingerprint density at radius 3 is 2.95 bits per heavy atom. The van der Waals surface area contributed by atoms with Crippen LogP contribution in [-0.4, -0.2) is 22.1 Å². The summed E-state index contributed by atoms with van der Waals surface area (Å²) in [6.45, 7) is 1.68. The number of anilines is 1. The average Bonchev–Trinajstić information content (AvgIpc) is 2.80. The number of carboxylic acids is 1. The average molecular weight is 272 g/mol. The van der Waals surface area contributed by atoms with Crippen LogP contribution in [0.2, 0.25) is 0 Å². The van der Waals surface area contributed by atoms with Crippen LogP contribution < -0.4 is 5.32 Å². The number of aryl methyl sites for hydroxylation is 2. The van der Waals surface area contributed by atoms with Crippen LogP contribution in [0.4, 0.5) is 5.69 Å². The maximum atomic E-state index is 11.3. The summed E-state index contributed by atoms with van der Waals surface area (Å²) >= 11 is 0. The molecule has 2 aromatic rings. The molecule has 0 aliphatic carbocycles. The summed E-state index contributed by atoms with van der Waals surface area (Å²) < 4.78 is 4.97. The maximum Gasteiger partial charge on any atom is 0.358 e. The molecular weight excluding hydrogens is 260 g/mol. The monoisotopic (exact) mass is 272 g/mol. The van der Waals surface area contributed by atoms with Crippen LogP contribution in [0.1, 0.15) is 28.2 Å². The van der Waals surface area contributed by atoms with Gasteiger partial charge in [-0.3, -0.25) is 4.79 Å². The minimum absolute atomic E-state index is 0.00219. The molecule has 0 radical (unpaired) electrons. The van der Waals surface area contributed by atoms with Crippen LogP contribution >= 0.6 is 0 Å². The number of aromatic nitrogens is 1. The third-order valence-corrected chi connectivity index (χ3v) is 3.35. The normalized spacial score (nSPS) is 13.8. The molecule has 102 valence electrons. The van der Waals surface area contributed by atoms with E-state index in [2.05, 4.69) is 10.5 Å². The summed E-state index contributed by atoms with van der Waals surface area (Å²) in [7, 11) is 0. The van der Waals surface area contributed by atoms with Crippen molar-refractivity contribution in [1.82, 2.24) is 5.16 Å². The van der Waals surface area contributed by atoms with Gasteiger partial charge in [0, 0.05) is 12.1 Å². The number of fused-ring (bicyclic) bond motifs is 1. The van der Waals surface area contributed by atoms with E-state index in [-0.39, 0.29) is 11.6 Å². The quantitative estimate of drug-likeness (QED) is 0.874. The number of amides is 1. The van der Waals surface area contributed by atoms with Gasteiger partial charge in [0.15, 0.2) is 5.69 Å². The zero-order chi connectivity index (χ0) is 14.3. The zero-order valence-corrected chi connectivity index (χ0v) is 10.8. The van der Waals surface area contributed by atoms with Gasteiger partial charge in [-0.05, 0) is 36.6 Å². The van der Waals surface area contributed by atoms with Gasteiger partial charge in [-0.25, -0.2) is 4.79 Å². The number of nitrogens with one attached hydrogen (secondary N) is 1. The van der Waals surface area contributed by atoms with E-state index in [9.17, 15) is 9.59 Å². The number of hydrogen-bond acceptors (Lipinski definition) is 4. The summed E-state index contributed by atoms with van der Waals surface area (Å²) in [6, 6.07) is 5.41. The van der Waals surface area contributed by atoms with Gasteiger partial charge in [-0.2, -0.15) is 0 Å². The number of carboxylic acid groups (broad SMARTS) is 1. The highest BCUT2D eigenvalue weighted by atomic mass is 16.5. The van der Waals surface area contributed by atoms with E-state index in [1.165, 1.54) is 0 Å². The topological polar surface area (TPSA) is 92.4 Å². The van der Waals surface area contributed by atoms with Crippen molar-refractivity contribution in [3.63, 3.8) is 0 Å². The Hall–Kier alpha value is -2.63. The second-order valence-electron chi connectivity index (χ2n) is 4.69. The molecule has 0 bridgehead atoms. The van der Waals surface area contributed by atoms with Crippen LogP contribution in [0.3, 0.4) is 0 Å². The van der Waals surface area contributed by atoms with Crippen LogP contribution in [0.5, 0.6) is 0 Å². The van der Waals surface area contributed by atoms with Crippen molar-refractivity contribution in [2.24, 2.45) is 0 Å². The summed E-state index contributed by atoms with van der Waals surface area (Å²) in [5, 5.41) is 15.5. The lowest BCUT2D eigenvalue weighted by Gasteiger charge is -2.17. The molecule has 0 spiro atoms. The van der Waals surface area contributed by atoms with Gasteiger partial charge >= 0.3 is 5.97 Å². The molecule has 2 heterocycles. The number of carbonyl (C=O) groups is 2. The molecule has 0 fully saturated rings. The number of nitrogens with zero attached hydrogens (tertiary/aromatic N) is 1. The fraction of sp³-hybridized carbons (Fsp3) is 0.214. The van der Waals surface area contributed by atoms with Crippen molar-refractivity contribution >= 4 is 17.6 Å². The van der Waals surface area contributed by atoms with Crippen molar-refractivity contribution in [2.45, 2.75) is 19.8 Å². The minimum Gasteiger partial charge on any atom is -0.476 e. The minimum atomic E-state index is -1.12. The lowest BCUT2D eigenvalue weighted by Crippen LogP contribution is -2.18. The van der Waals surface area contributed by atoms with Gasteiger partial charge in [-0.1, -0.05) is 11.2 Å². The lowest BCUT2D eigenvalue weighted by molar-refractivity contribution is -0.116. The molecule has 1 aliphatic heterocycles. The highest BCUT2D eigenvalue weighted by Crippen LogP contribution is 2.32. The Labute approximate surface area is 114 Å². The SMILES string of the molecule is Cc1onc(C(=O)O)c1-c1ccc2c(c1)CCC(=O)N2. The van der Waals surface area contributed by atoms with Gasteiger partial charge < -0.3 is 14.9 Å². The van der Waals surface area contributed by atoms with Gasteiger partial charge in [0.25, 0.3) is 0 Å². The molecule has 3 rings (SSSR count). The Kier molecular flexibility index (Phi) is 2.78. The first-order chi connectivity index (χ1) is 9.56. The number of benzene rings is 1. The van der Waals surface area contributed by atoms with Crippen LogP contribution in [0.15, 0.2) is 22.7 Å². The number of hydrogen-bond donors (Lipinski definition) is 2. The molecule has 1 aromatic carbocycles. The second-order valence-corrected chi connectivity index (χ2v) is 4.69. The van der Waals surface area contributed by atoms with E-state index < -0.39 is 5.97 Å². The molecule has 0 saturated carbocycles. The first kappa shape index (κ1) is 12.4. The molecule has 0 atom stereocenters. The van der Waals surface area contributed by atoms with E-state index in [4.69, 9.17) is 9.63 Å². The first-order valence-corrected chi connectivity index (χ1v) is 6.19. The molecule has 2 N–H and O–H groups in total. The predicted molar refractivity (Wildman–Crippen MR) is 70.6 cm³/mol.